The quantitative estimate of drug-likeness (QED) is 0.216. The van der Waals surface area contributed by atoms with Crippen LogP contribution < -0.4 is 16.1 Å². The third-order valence-corrected chi connectivity index (χ3v) is 7.33. The summed E-state index contributed by atoms with van der Waals surface area (Å²) in [7, 11) is 0. The Morgan fingerprint density at radius 3 is 2.34 bits per heavy atom. The molecule has 3 aromatic carbocycles. The van der Waals surface area contributed by atoms with Crippen LogP contribution in [0.4, 0.5) is 0 Å². The number of aryl methyl sites for hydroxylation is 1. The second-order valence-corrected chi connectivity index (χ2v) is 10.7. The van der Waals surface area contributed by atoms with Gasteiger partial charge in [-0.05, 0) is 67.6 Å². The van der Waals surface area contributed by atoms with Crippen LogP contribution in [0.15, 0.2) is 93.2 Å². The fourth-order valence-electron chi connectivity index (χ4n) is 5.33. The van der Waals surface area contributed by atoms with Crippen LogP contribution in [0.2, 0.25) is 0 Å². The summed E-state index contributed by atoms with van der Waals surface area (Å²) < 4.78 is 14.1. The van der Waals surface area contributed by atoms with Gasteiger partial charge in [0.05, 0.1) is 11.8 Å². The summed E-state index contributed by atoms with van der Waals surface area (Å²) in [6, 6.07) is 23.2. The fraction of sp³-hybridized carbons (Fsp3) is 0.242. The molecule has 0 aliphatic carbocycles. The molecule has 6 aromatic rings. The number of H-pyrrole nitrogens is 1. The minimum atomic E-state index is -0.602. The number of fused-ring (bicyclic) bond motifs is 1. The van der Waals surface area contributed by atoms with E-state index < -0.39 is 5.76 Å². The van der Waals surface area contributed by atoms with Crippen molar-refractivity contribution in [1.82, 2.24) is 29.3 Å². The summed E-state index contributed by atoms with van der Waals surface area (Å²) in [4.78, 5) is 28.4. The Hall–Kier alpha value is -3.61. The van der Waals surface area contributed by atoms with Gasteiger partial charge in [0.1, 0.15) is 12.1 Å². The zero-order valence-corrected chi connectivity index (χ0v) is 24.3. The van der Waals surface area contributed by atoms with Crippen LogP contribution >= 0.6 is 0 Å². The number of unbranched alkanes of at least 4 members (excludes halogenated alkanes) is 1. The van der Waals surface area contributed by atoms with Crippen molar-refractivity contribution in [3.05, 3.63) is 117 Å². The Bertz CT molecular complexity index is 1990. The van der Waals surface area contributed by atoms with E-state index >= 15 is 0 Å². The van der Waals surface area contributed by atoms with Crippen LogP contribution in [0.3, 0.4) is 0 Å². The number of nitrogens with zero attached hydrogens (tertiary/aromatic N) is 5. The van der Waals surface area contributed by atoms with Crippen molar-refractivity contribution in [3.63, 3.8) is 0 Å². The van der Waals surface area contributed by atoms with Crippen LogP contribution in [-0.4, -0.2) is 86.8 Å². The number of nitrogens with one attached hydrogen (secondary N) is 1. The van der Waals surface area contributed by atoms with Crippen molar-refractivity contribution >= 4 is 57.2 Å². The number of aromatic nitrogens is 6. The molecule has 0 atom stereocenters. The van der Waals surface area contributed by atoms with Gasteiger partial charge in [-0.3, -0.25) is 18.7 Å². The number of benzene rings is 3. The summed E-state index contributed by atoms with van der Waals surface area (Å²) >= 11 is 0. The van der Waals surface area contributed by atoms with Crippen molar-refractivity contribution in [3.8, 4) is 34.0 Å². The SMILES string of the molecule is CCCCc1c(Cc2ccc(-c3ccccc3-c3noc(=O)[nH]3)cc2)c(=O)n(-c2ccc(OC(C)C)cc2)c2nncn12.[KH]. The number of rotatable bonds is 10. The predicted octanol–water partition coefficient (Wildman–Crippen LogP) is 4.96. The fourth-order valence-corrected chi connectivity index (χ4v) is 5.33. The molecule has 0 saturated heterocycles. The van der Waals surface area contributed by atoms with Gasteiger partial charge in [-0.2, -0.15) is 0 Å². The summed E-state index contributed by atoms with van der Waals surface area (Å²) in [5, 5.41) is 12.4. The van der Waals surface area contributed by atoms with Gasteiger partial charge in [-0.25, -0.2) is 9.36 Å². The molecule has 44 heavy (non-hydrogen) atoms. The van der Waals surface area contributed by atoms with E-state index in [-0.39, 0.29) is 63.0 Å². The molecule has 0 unspecified atom stereocenters. The molecule has 0 bridgehead atoms. The van der Waals surface area contributed by atoms with Crippen molar-refractivity contribution in [2.24, 2.45) is 0 Å². The first kappa shape index (κ1) is 31.8. The van der Waals surface area contributed by atoms with E-state index in [1.54, 1.807) is 10.9 Å². The molecule has 10 nitrogen and oxygen atoms in total. The molecular formula is C33H33KN6O4. The molecule has 0 radical (unpaired) electrons. The summed E-state index contributed by atoms with van der Waals surface area (Å²) in [6.45, 7) is 6.09. The summed E-state index contributed by atoms with van der Waals surface area (Å²) in [6.07, 6.45) is 4.84. The predicted molar refractivity (Wildman–Crippen MR) is 171 cm³/mol. The second kappa shape index (κ2) is 14.0. The minimum absolute atomic E-state index is 0. The van der Waals surface area contributed by atoms with Gasteiger partial charge < -0.3 is 4.74 Å². The average molecular weight is 617 g/mol. The Morgan fingerprint density at radius 1 is 0.955 bits per heavy atom. The van der Waals surface area contributed by atoms with Gasteiger partial charge in [-0.15, -0.1) is 10.2 Å². The molecule has 0 aliphatic heterocycles. The summed E-state index contributed by atoms with van der Waals surface area (Å²) in [5.41, 5.74) is 5.81. The van der Waals surface area contributed by atoms with Gasteiger partial charge in [0.2, 0.25) is 5.78 Å². The van der Waals surface area contributed by atoms with E-state index in [2.05, 4.69) is 27.3 Å². The van der Waals surface area contributed by atoms with E-state index in [0.29, 0.717) is 29.3 Å². The van der Waals surface area contributed by atoms with Crippen molar-refractivity contribution in [2.45, 2.75) is 52.6 Å². The standard InChI is InChI=1S/C33H32N6O4.K.H/c1-4-5-10-29-28(31(40)39(32-36-34-20-38(29)32)24-15-17-25(18-16-24)42-21(2)3)19-22-11-13-23(14-12-22)26-8-6-7-9-27(26)30-35-33(41)43-37-30;;/h6-9,11-18,20-21H,4-5,10,19H2,1-3H3,(H,35,37,41);;. The third-order valence-electron chi connectivity index (χ3n) is 7.33. The molecule has 0 amide bonds. The zero-order chi connectivity index (χ0) is 29.9. The molecule has 11 heteroatoms. The van der Waals surface area contributed by atoms with Crippen LogP contribution in [0.25, 0.3) is 34.0 Å². The number of aromatic amines is 1. The Kier molecular flexibility index (Phi) is 10.1. The number of ether oxygens (including phenoxy) is 1. The molecule has 0 aliphatic rings. The topological polar surface area (TPSA) is 120 Å². The van der Waals surface area contributed by atoms with E-state index in [1.165, 1.54) is 0 Å². The Balaban J connectivity index is 0.00000384. The van der Waals surface area contributed by atoms with Gasteiger partial charge >= 0.3 is 57.1 Å². The molecular weight excluding hydrogens is 583 g/mol. The zero-order valence-electron chi connectivity index (χ0n) is 24.3. The first-order valence-electron chi connectivity index (χ1n) is 14.4. The van der Waals surface area contributed by atoms with Gasteiger partial charge in [0.25, 0.3) is 5.56 Å². The Labute approximate surface area is 296 Å². The first-order chi connectivity index (χ1) is 20.9. The monoisotopic (exact) mass is 616 g/mol. The third kappa shape index (κ3) is 6.57. The van der Waals surface area contributed by atoms with Crippen LogP contribution in [0.1, 0.15) is 50.4 Å². The first-order valence-corrected chi connectivity index (χ1v) is 14.4. The molecule has 6 rings (SSSR count). The molecule has 0 saturated carbocycles. The Morgan fingerprint density at radius 2 is 1.68 bits per heavy atom. The van der Waals surface area contributed by atoms with Crippen LogP contribution in [0, 0.1) is 0 Å². The van der Waals surface area contributed by atoms with Gasteiger partial charge in [0, 0.05) is 23.2 Å². The molecule has 0 spiro atoms. The maximum atomic E-state index is 14.2. The normalized spacial score (nSPS) is 11.2. The van der Waals surface area contributed by atoms with Crippen molar-refractivity contribution in [1.29, 1.82) is 0 Å². The van der Waals surface area contributed by atoms with Gasteiger partial charge in [0.15, 0.2) is 5.82 Å². The number of hydrogen-bond donors (Lipinski definition) is 1. The molecule has 3 heterocycles. The van der Waals surface area contributed by atoms with Gasteiger partial charge in [-0.1, -0.05) is 67.0 Å². The van der Waals surface area contributed by atoms with Crippen LogP contribution in [-0.2, 0) is 12.8 Å². The molecule has 1 N–H and O–H groups in total. The van der Waals surface area contributed by atoms with E-state index in [4.69, 9.17) is 9.26 Å². The average Bonchev–Trinajstić information content (AvgIpc) is 3.67. The van der Waals surface area contributed by atoms with Crippen molar-refractivity contribution < 1.29 is 9.26 Å². The van der Waals surface area contributed by atoms with E-state index in [1.807, 2.05) is 91.0 Å². The summed E-state index contributed by atoms with van der Waals surface area (Å²) in [5.74, 6) is 0.988. The van der Waals surface area contributed by atoms with Crippen LogP contribution in [0.5, 0.6) is 5.75 Å². The molecule has 3 aromatic heterocycles. The van der Waals surface area contributed by atoms with E-state index in [0.717, 1.165) is 53.0 Å². The van der Waals surface area contributed by atoms with E-state index in [9.17, 15) is 9.59 Å². The number of hydrogen-bond acceptors (Lipinski definition) is 7. The van der Waals surface area contributed by atoms with Crippen molar-refractivity contribution in [2.75, 3.05) is 0 Å². The molecule has 0 fully saturated rings. The maximum absolute atomic E-state index is 14.2. The second-order valence-electron chi connectivity index (χ2n) is 10.7. The molecule has 220 valence electrons.